The third-order valence-corrected chi connectivity index (χ3v) is 5.59. The van der Waals surface area contributed by atoms with Crippen LogP contribution in [-0.4, -0.2) is 15.5 Å². The molecule has 0 aliphatic carbocycles. The molecule has 4 heteroatoms. The number of nitrogens with one attached hydrogen (secondary N) is 1. The minimum atomic E-state index is -0.0607. The van der Waals surface area contributed by atoms with Gasteiger partial charge in [0.25, 0.3) is 0 Å². The minimum Gasteiger partial charge on any atom is -0.324 e. The second-order valence-electron chi connectivity index (χ2n) is 9.06. The summed E-state index contributed by atoms with van der Waals surface area (Å²) in [6, 6.07) is 24.4. The first-order valence-electron chi connectivity index (χ1n) is 10.7. The van der Waals surface area contributed by atoms with Crippen molar-refractivity contribution in [2.75, 3.05) is 5.32 Å². The van der Waals surface area contributed by atoms with Crippen molar-refractivity contribution in [2.45, 2.75) is 46.1 Å². The van der Waals surface area contributed by atoms with E-state index >= 15 is 0 Å². The van der Waals surface area contributed by atoms with Crippen molar-refractivity contribution in [1.82, 2.24) is 9.55 Å². The third kappa shape index (κ3) is 4.53. The van der Waals surface area contributed by atoms with E-state index in [1.807, 2.05) is 66.1 Å². The number of hydrogen-bond acceptors (Lipinski definition) is 2. The summed E-state index contributed by atoms with van der Waals surface area (Å²) < 4.78 is 2.03. The summed E-state index contributed by atoms with van der Waals surface area (Å²) in [4.78, 5) is 18.0. The molecular weight excluding hydrogens is 382 g/mol. The number of aryl methyl sites for hydroxylation is 1. The predicted octanol–water partition coefficient (Wildman–Crippen LogP) is 5.87. The highest BCUT2D eigenvalue weighted by Gasteiger charge is 2.21. The lowest BCUT2D eigenvalue weighted by Crippen LogP contribution is -2.23. The summed E-state index contributed by atoms with van der Waals surface area (Å²) in [7, 11) is 0. The highest BCUT2D eigenvalue weighted by Crippen LogP contribution is 2.32. The van der Waals surface area contributed by atoms with Gasteiger partial charge in [-0.3, -0.25) is 4.79 Å². The highest BCUT2D eigenvalue weighted by molar-refractivity contribution is 5.93. The lowest BCUT2D eigenvalue weighted by molar-refractivity contribution is -0.116. The predicted molar refractivity (Wildman–Crippen MR) is 127 cm³/mol. The number of benzene rings is 3. The van der Waals surface area contributed by atoms with Crippen LogP contribution in [0.3, 0.4) is 0 Å². The van der Waals surface area contributed by atoms with Gasteiger partial charge in [0.05, 0.1) is 11.0 Å². The maximum atomic E-state index is 13.2. The van der Waals surface area contributed by atoms with Gasteiger partial charge in [0.2, 0.25) is 5.91 Å². The van der Waals surface area contributed by atoms with Crippen LogP contribution in [0.25, 0.3) is 11.0 Å². The van der Waals surface area contributed by atoms with Crippen molar-refractivity contribution >= 4 is 22.6 Å². The van der Waals surface area contributed by atoms with E-state index in [4.69, 9.17) is 4.98 Å². The molecule has 4 aromatic rings. The number of aromatic nitrogens is 2. The van der Waals surface area contributed by atoms with Crippen LogP contribution in [0.5, 0.6) is 0 Å². The van der Waals surface area contributed by atoms with Crippen LogP contribution >= 0.6 is 0 Å². The Morgan fingerprint density at radius 1 is 0.935 bits per heavy atom. The fourth-order valence-electron chi connectivity index (χ4n) is 4.00. The Bertz CT molecular complexity index is 1220. The second-order valence-corrected chi connectivity index (χ2v) is 9.06. The Morgan fingerprint density at radius 3 is 2.39 bits per heavy atom. The summed E-state index contributed by atoms with van der Waals surface area (Å²) in [5.41, 5.74) is 6.12. The van der Waals surface area contributed by atoms with E-state index in [0.717, 1.165) is 33.7 Å². The van der Waals surface area contributed by atoms with E-state index < -0.39 is 0 Å². The van der Waals surface area contributed by atoms with Crippen LogP contribution < -0.4 is 5.32 Å². The molecule has 0 saturated heterocycles. The van der Waals surface area contributed by atoms with E-state index in [-0.39, 0.29) is 17.9 Å². The number of carbonyl (C=O) groups excluding carboxylic acids is 1. The third-order valence-electron chi connectivity index (χ3n) is 5.59. The van der Waals surface area contributed by atoms with Gasteiger partial charge in [-0.25, -0.2) is 4.98 Å². The van der Waals surface area contributed by atoms with Crippen molar-refractivity contribution in [3.05, 3.63) is 95.3 Å². The molecule has 4 rings (SSSR count). The lowest BCUT2D eigenvalue weighted by Gasteiger charge is -2.24. The largest absolute Gasteiger partial charge is 0.324 e. The molecule has 158 valence electrons. The van der Waals surface area contributed by atoms with E-state index in [9.17, 15) is 4.79 Å². The summed E-state index contributed by atoms with van der Waals surface area (Å²) >= 11 is 0. The maximum absolute atomic E-state index is 13.2. The molecule has 1 aromatic heterocycles. The van der Waals surface area contributed by atoms with Gasteiger partial charge in [-0.1, -0.05) is 81.4 Å². The number of anilines is 1. The van der Waals surface area contributed by atoms with Gasteiger partial charge in [-0.05, 0) is 41.2 Å². The Kier molecular flexibility index (Phi) is 5.64. The number of fused-ring (bicyclic) bond motifs is 1. The molecular formula is C27H29N3O. The van der Waals surface area contributed by atoms with Crippen molar-refractivity contribution in [1.29, 1.82) is 0 Å². The Balaban J connectivity index is 1.66. The van der Waals surface area contributed by atoms with Gasteiger partial charge in [-0.2, -0.15) is 0 Å². The molecule has 31 heavy (non-hydrogen) atoms. The zero-order chi connectivity index (χ0) is 22.0. The van der Waals surface area contributed by atoms with Gasteiger partial charge >= 0.3 is 0 Å². The molecule has 1 N–H and O–H groups in total. The SMILES string of the molecule is Cc1cccc(C(C)(C)C)c1NC(=O)Cn1c(Cc2ccccc2)nc2ccccc21. The van der Waals surface area contributed by atoms with Crippen molar-refractivity contribution in [2.24, 2.45) is 0 Å². The molecule has 1 amide bonds. The molecule has 0 bridgehead atoms. The number of hydrogen-bond donors (Lipinski definition) is 1. The summed E-state index contributed by atoms with van der Waals surface area (Å²) in [6.07, 6.45) is 0.681. The molecule has 4 nitrogen and oxygen atoms in total. The number of nitrogens with zero attached hydrogens (tertiary/aromatic N) is 2. The average Bonchev–Trinajstić information content (AvgIpc) is 3.06. The Morgan fingerprint density at radius 2 is 1.65 bits per heavy atom. The van der Waals surface area contributed by atoms with E-state index in [1.165, 1.54) is 5.56 Å². The topological polar surface area (TPSA) is 46.9 Å². The molecule has 0 saturated carbocycles. The van der Waals surface area contributed by atoms with Crippen LogP contribution in [0, 0.1) is 6.92 Å². The number of imidazole rings is 1. The second kappa shape index (κ2) is 8.38. The fraction of sp³-hybridized carbons (Fsp3) is 0.259. The van der Waals surface area contributed by atoms with Crippen LogP contribution in [0.1, 0.15) is 43.3 Å². The van der Waals surface area contributed by atoms with Crippen LogP contribution in [-0.2, 0) is 23.2 Å². The zero-order valence-electron chi connectivity index (χ0n) is 18.6. The number of carbonyl (C=O) groups is 1. The number of amides is 1. The maximum Gasteiger partial charge on any atom is 0.244 e. The summed E-state index contributed by atoms with van der Waals surface area (Å²) in [6.45, 7) is 8.76. The molecule has 0 atom stereocenters. The molecule has 0 fully saturated rings. The van der Waals surface area contributed by atoms with Crippen molar-refractivity contribution in [3.8, 4) is 0 Å². The van der Waals surface area contributed by atoms with Gasteiger partial charge in [-0.15, -0.1) is 0 Å². The van der Waals surface area contributed by atoms with Crippen molar-refractivity contribution < 1.29 is 4.79 Å². The average molecular weight is 412 g/mol. The molecule has 3 aromatic carbocycles. The Hall–Kier alpha value is -3.40. The molecule has 0 aliphatic heterocycles. The minimum absolute atomic E-state index is 0.0442. The van der Waals surface area contributed by atoms with E-state index in [0.29, 0.717) is 6.42 Å². The first-order valence-corrected chi connectivity index (χ1v) is 10.7. The van der Waals surface area contributed by atoms with Crippen molar-refractivity contribution in [3.63, 3.8) is 0 Å². The van der Waals surface area contributed by atoms with Gasteiger partial charge < -0.3 is 9.88 Å². The smallest absolute Gasteiger partial charge is 0.244 e. The Labute approximate surface area is 183 Å². The van der Waals surface area contributed by atoms with E-state index in [2.05, 4.69) is 44.3 Å². The number of rotatable bonds is 5. The monoisotopic (exact) mass is 411 g/mol. The zero-order valence-corrected chi connectivity index (χ0v) is 18.6. The molecule has 0 radical (unpaired) electrons. The van der Waals surface area contributed by atoms with Crippen LogP contribution in [0.4, 0.5) is 5.69 Å². The molecule has 1 heterocycles. The first kappa shape index (κ1) is 20.9. The number of para-hydroxylation sites is 3. The molecule has 0 unspecified atom stereocenters. The molecule has 0 spiro atoms. The quantitative estimate of drug-likeness (QED) is 0.446. The van der Waals surface area contributed by atoms with Gasteiger partial charge in [0.15, 0.2) is 0 Å². The summed E-state index contributed by atoms with van der Waals surface area (Å²) in [5.74, 6) is 0.848. The highest BCUT2D eigenvalue weighted by atomic mass is 16.1. The molecule has 0 aliphatic rings. The fourth-order valence-corrected chi connectivity index (χ4v) is 4.00. The van der Waals surface area contributed by atoms with Gasteiger partial charge in [0.1, 0.15) is 12.4 Å². The van der Waals surface area contributed by atoms with Gasteiger partial charge in [0, 0.05) is 12.1 Å². The standard InChI is InChI=1S/C27H29N3O/c1-19-11-10-14-21(27(2,3)4)26(19)29-25(31)18-30-23-16-9-8-15-22(23)28-24(30)17-20-12-6-5-7-13-20/h5-16H,17-18H2,1-4H3,(H,29,31). The van der Waals surface area contributed by atoms with Crippen LogP contribution in [0.2, 0.25) is 0 Å². The van der Waals surface area contributed by atoms with Crippen LogP contribution in [0.15, 0.2) is 72.8 Å². The van der Waals surface area contributed by atoms with E-state index in [1.54, 1.807) is 0 Å². The first-order chi connectivity index (χ1) is 14.8. The normalized spacial score (nSPS) is 11.6. The lowest BCUT2D eigenvalue weighted by atomic mass is 9.84. The summed E-state index contributed by atoms with van der Waals surface area (Å²) in [5, 5.41) is 3.19.